The van der Waals surface area contributed by atoms with Crippen molar-refractivity contribution in [2.24, 2.45) is 7.05 Å². The molecule has 26 heavy (non-hydrogen) atoms. The second-order valence-electron chi connectivity index (χ2n) is 6.22. The van der Waals surface area contributed by atoms with E-state index in [1.165, 1.54) is 10.6 Å². The second kappa shape index (κ2) is 7.00. The van der Waals surface area contributed by atoms with Crippen LogP contribution in [0.25, 0.3) is 11.0 Å². The first-order valence-electron chi connectivity index (χ1n) is 8.39. The third-order valence-corrected chi connectivity index (χ3v) is 7.31. The molecule has 4 heterocycles. The van der Waals surface area contributed by atoms with Crippen LogP contribution in [0, 0.1) is 0 Å². The Morgan fingerprint density at radius 3 is 2.38 bits per heavy atom. The van der Waals surface area contributed by atoms with Gasteiger partial charge >= 0.3 is 0 Å². The highest BCUT2D eigenvalue weighted by atomic mass is 79.9. The van der Waals surface area contributed by atoms with Gasteiger partial charge in [-0.3, -0.25) is 0 Å². The number of rotatable bonds is 3. The molecule has 0 saturated carbocycles. The van der Waals surface area contributed by atoms with Crippen molar-refractivity contribution in [3.63, 3.8) is 0 Å². The molecule has 4 rings (SSSR count). The minimum Gasteiger partial charge on any atom is -0.379 e. The SMILES string of the molecule is Cn1nc(Br)c2c(N3CCN(S(=O)(=O)N4CCOCC4)CC3)ncnc21. The zero-order valence-corrected chi connectivity index (χ0v) is 16.8. The van der Waals surface area contributed by atoms with Gasteiger partial charge in [-0.2, -0.15) is 22.1 Å². The van der Waals surface area contributed by atoms with Crippen LogP contribution in [0.3, 0.4) is 0 Å². The number of morpholine rings is 1. The summed E-state index contributed by atoms with van der Waals surface area (Å²) in [4.78, 5) is 10.8. The predicted octanol–water partition coefficient (Wildman–Crippen LogP) is -0.175. The first kappa shape index (κ1) is 18.0. The first-order chi connectivity index (χ1) is 12.5. The molecule has 0 radical (unpaired) electrons. The Kier molecular flexibility index (Phi) is 4.86. The van der Waals surface area contributed by atoms with Crippen LogP contribution in [0.1, 0.15) is 0 Å². The molecule has 0 unspecified atom stereocenters. The van der Waals surface area contributed by atoms with Crippen LogP contribution in [0.4, 0.5) is 5.82 Å². The number of hydrogen-bond donors (Lipinski definition) is 0. The van der Waals surface area contributed by atoms with Crippen LogP contribution < -0.4 is 4.90 Å². The minimum absolute atomic E-state index is 0.414. The maximum Gasteiger partial charge on any atom is 0.282 e. The van der Waals surface area contributed by atoms with Gasteiger partial charge in [-0.15, -0.1) is 0 Å². The zero-order chi connectivity index (χ0) is 18.3. The third kappa shape index (κ3) is 3.09. The summed E-state index contributed by atoms with van der Waals surface area (Å²) in [5, 5.41) is 5.19. The van der Waals surface area contributed by atoms with Gasteiger partial charge < -0.3 is 9.64 Å². The Balaban J connectivity index is 1.52. The summed E-state index contributed by atoms with van der Waals surface area (Å²) in [5.41, 5.74) is 0.741. The summed E-state index contributed by atoms with van der Waals surface area (Å²) in [6, 6.07) is 0. The smallest absolute Gasteiger partial charge is 0.282 e. The van der Waals surface area contributed by atoms with E-state index in [9.17, 15) is 8.42 Å². The molecule has 2 aliphatic rings. The molecule has 142 valence electrons. The van der Waals surface area contributed by atoms with Gasteiger partial charge in [0, 0.05) is 46.3 Å². The number of anilines is 1. The van der Waals surface area contributed by atoms with Crippen LogP contribution in [0.5, 0.6) is 0 Å². The Hall–Kier alpha value is -1.34. The Morgan fingerprint density at radius 1 is 1.04 bits per heavy atom. The maximum absolute atomic E-state index is 12.8. The molecule has 2 aliphatic heterocycles. The van der Waals surface area contributed by atoms with Gasteiger partial charge in [0.2, 0.25) is 0 Å². The van der Waals surface area contributed by atoms with Gasteiger partial charge in [0.05, 0.1) is 18.6 Å². The van der Waals surface area contributed by atoms with Crippen molar-refractivity contribution in [1.82, 2.24) is 28.4 Å². The number of hydrogen-bond acceptors (Lipinski definition) is 7. The van der Waals surface area contributed by atoms with Crippen molar-refractivity contribution in [2.75, 3.05) is 57.4 Å². The van der Waals surface area contributed by atoms with E-state index < -0.39 is 10.2 Å². The van der Waals surface area contributed by atoms with Crippen molar-refractivity contribution in [3.8, 4) is 0 Å². The van der Waals surface area contributed by atoms with E-state index in [-0.39, 0.29) is 0 Å². The van der Waals surface area contributed by atoms with Crippen LogP contribution in [0.2, 0.25) is 0 Å². The van der Waals surface area contributed by atoms with E-state index in [0.717, 1.165) is 16.9 Å². The Morgan fingerprint density at radius 2 is 1.69 bits per heavy atom. The van der Waals surface area contributed by atoms with Crippen LogP contribution in [0.15, 0.2) is 10.9 Å². The molecule has 0 aromatic carbocycles. The number of fused-ring (bicyclic) bond motifs is 1. The molecule has 12 heteroatoms. The van der Waals surface area contributed by atoms with E-state index in [1.54, 1.807) is 8.99 Å². The molecule has 2 fully saturated rings. The molecule has 2 saturated heterocycles. The van der Waals surface area contributed by atoms with Crippen molar-refractivity contribution in [1.29, 1.82) is 0 Å². The summed E-state index contributed by atoms with van der Waals surface area (Å²) < 4.78 is 36.3. The number of aromatic nitrogens is 4. The topological polar surface area (TPSA) is 96.7 Å². The second-order valence-corrected chi connectivity index (χ2v) is 8.90. The molecular formula is C14H20BrN7O3S. The molecule has 0 spiro atoms. The van der Waals surface area contributed by atoms with Crippen LogP contribution >= 0.6 is 15.9 Å². The normalized spacial score (nSPS) is 20.8. The highest BCUT2D eigenvalue weighted by molar-refractivity contribution is 9.10. The van der Waals surface area contributed by atoms with E-state index in [1.807, 2.05) is 7.05 Å². The largest absolute Gasteiger partial charge is 0.379 e. The highest BCUT2D eigenvalue weighted by Crippen LogP contribution is 2.30. The number of ether oxygens (including phenoxy) is 1. The van der Waals surface area contributed by atoms with Gasteiger partial charge in [-0.25, -0.2) is 14.6 Å². The van der Waals surface area contributed by atoms with Gasteiger partial charge in [0.1, 0.15) is 16.7 Å². The van der Waals surface area contributed by atoms with Gasteiger partial charge in [0.15, 0.2) is 5.65 Å². The molecule has 0 N–H and O–H groups in total. The molecule has 2 aromatic heterocycles. The summed E-state index contributed by atoms with van der Waals surface area (Å²) in [6.45, 7) is 3.70. The first-order valence-corrected chi connectivity index (χ1v) is 10.6. The van der Waals surface area contributed by atoms with E-state index >= 15 is 0 Å². The van der Waals surface area contributed by atoms with Crippen molar-refractivity contribution in [3.05, 3.63) is 10.9 Å². The number of halogens is 1. The average molecular weight is 446 g/mol. The fourth-order valence-corrected chi connectivity index (χ4v) is 5.49. The quantitative estimate of drug-likeness (QED) is 0.646. The lowest BCUT2D eigenvalue weighted by Gasteiger charge is -2.38. The van der Waals surface area contributed by atoms with Crippen molar-refractivity contribution in [2.45, 2.75) is 0 Å². The highest BCUT2D eigenvalue weighted by Gasteiger charge is 2.34. The standard InChI is InChI=1S/C14H20BrN7O3S/c1-19-13-11(12(15)18-19)14(17-10-16-13)20-2-4-21(5-3-20)26(23,24)22-6-8-25-9-7-22/h10H,2-9H2,1H3. The van der Waals surface area contributed by atoms with Gasteiger partial charge in [-0.1, -0.05) is 0 Å². The van der Waals surface area contributed by atoms with Crippen molar-refractivity contribution >= 4 is 43.0 Å². The molecule has 2 aromatic rings. The fourth-order valence-electron chi connectivity index (χ4n) is 3.34. The zero-order valence-electron chi connectivity index (χ0n) is 14.4. The van der Waals surface area contributed by atoms with Gasteiger partial charge in [-0.05, 0) is 15.9 Å². The van der Waals surface area contributed by atoms with Gasteiger partial charge in [0.25, 0.3) is 10.2 Å². The lowest BCUT2D eigenvalue weighted by Crippen LogP contribution is -2.55. The molecule has 0 atom stereocenters. The maximum atomic E-state index is 12.8. The lowest BCUT2D eigenvalue weighted by atomic mass is 10.3. The van der Waals surface area contributed by atoms with E-state index in [2.05, 4.69) is 35.9 Å². The number of nitrogens with zero attached hydrogens (tertiary/aromatic N) is 7. The molecule has 10 nitrogen and oxygen atoms in total. The number of aryl methyl sites for hydroxylation is 1. The van der Waals surface area contributed by atoms with Crippen molar-refractivity contribution < 1.29 is 13.2 Å². The molecule has 0 amide bonds. The summed E-state index contributed by atoms with van der Waals surface area (Å²) >= 11 is 3.47. The molecule has 0 bridgehead atoms. The fraction of sp³-hybridized carbons (Fsp3) is 0.643. The number of piperazine rings is 1. The van der Waals surface area contributed by atoms with Crippen LogP contribution in [-0.2, 0) is 22.0 Å². The summed E-state index contributed by atoms with van der Waals surface area (Å²) in [7, 11) is -1.61. The predicted molar refractivity (Wildman–Crippen MR) is 99.1 cm³/mol. The minimum atomic E-state index is -3.44. The van der Waals surface area contributed by atoms with Crippen LogP contribution in [-0.4, -0.2) is 89.3 Å². The average Bonchev–Trinajstić information content (AvgIpc) is 2.97. The monoisotopic (exact) mass is 445 g/mol. The third-order valence-electron chi connectivity index (χ3n) is 4.72. The summed E-state index contributed by atoms with van der Waals surface area (Å²) in [6.07, 6.45) is 1.52. The molecule has 0 aliphatic carbocycles. The molecular weight excluding hydrogens is 426 g/mol. The van der Waals surface area contributed by atoms with E-state index in [4.69, 9.17) is 4.74 Å². The van der Waals surface area contributed by atoms with E-state index in [0.29, 0.717) is 57.1 Å². The Labute approximate surface area is 160 Å². The lowest BCUT2D eigenvalue weighted by molar-refractivity contribution is 0.0700. The summed E-state index contributed by atoms with van der Waals surface area (Å²) in [5.74, 6) is 0.776. The Bertz CT molecular complexity index is 905.